The van der Waals surface area contributed by atoms with Gasteiger partial charge in [0.15, 0.2) is 0 Å². The van der Waals surface area contributed by atoms with E-state index in [1.54, 1.807) is 5.92 Å². The summed E-state index contributed by atoms with van der Waals surface area (Å²) in [7, 11) is -3.65. The molecule has 0 aromatic heterocycles. The Morgan fingerprint density at radius 1 is 0.611 bits per heavy atom. The maximum atomic E-state index is 5.31. The van der Waals surface area contributed by atoms with Gasteiger partial charge in [-0.25, -0.2) is 0 Å². The van der Waals surface area contributed by atoms with Crippen molar-refractivity contribution in [3.8, 4) is 0 Å². The van der Waals surface area contributed by atoms with Crippen LogP contribution in [0.3, 0.4) is 0 Å². The van der Waals surface area contributed by atoms with E-state index in [-0.39, 0.29) is 26.2 Å². The molecule has 0 spiro atoms. The van der Waals surface area contributed by atoms with Crippen LogP contribution in [0.4, 0.5) is 11.4 Å². The van der Waals surface area contributed by atoms with Crippen LogP contribution in [0.2, 0.25) is 37.3 Å². The third kappa shape index (κ3) is 7.73. The third-order valence-corrected chi connectivity index (χ3v) is 14.2. The number of benzene rings is 3. The molecular weight excluding hydrogens is 548 g/mol. The largest absolute Gasteiger partial charge is 4.00 e. The van der Waals surface area contributed by atoms with Crippen LogP contribution in [-0.4, -0.2) is 16.5 Å². The molecule has 3 aromatic rings. The van der Waals surface area contributed by atoms with Gasteiger partial charge in [-0.05, 0) is 0 Å². The van der Waals surface area contributed by atoms with E-state index in [1.807, 2.05) is 30.3 Å². The monoisotopic (exact) mass is 588 g/mol. The van der Waals surface area contributed by atoms with Crippen LogP contribution < -0.4 is 0 Å². The summed E-state index contributed by atoms with van der Waals surface area (Å²) in [4.78, 5) is 10.6. The van der Waals surface area contributed by atoms with Crippen LogP contribution in [0.5, 0.6) is 0 Å². The standard InChI is InChI=1S/C24H35N2Si2.C7H7.Zr/c1-18-19(2)24(28(6,7)26-22-16-12-9-13-17-22)20(3)23(18)27(4,5)25-21-14-10-8-11-15-21;1-7-5-3-2-4-6-7;/h8-19,23-24H,1-7H3;2-6H,1H2;/q-3;-1;+4. The molecule has 36 heavy (non-hydrogen) atoms. The Labute approximate surface area is 242 Å². The van der Waals surface area contributed by atoms with Gasteiger partial charge in [0.1, 0.15) is 0 Å². The minimum absolute atomic E-state index is 0. The van der Waals surface area contributed by atoms with Gasteiger partial charge in [-0.15, -0.1) is 23.5 Å². The minimum Gasteiger partial charge on any atom is -0.688 e. The molecule has 2 nitrogen and oxygen atoms in total. The van der Waals surface area contributed by atoms with Gasteiger partial charge in [-0.2, -0.15) is 42.6 Å². The summed E-state index contributed by atoms with van der Waals surface area (Å²) in [6.07, 6.45) is 0. The summed E-state index contributed by atoms with van der Waals surface area (Å²) in [6.45, 7) is 20.8. The predicted octanol–water partition coefficient (Wildman–Crippen LogP) is 10.3. The van der Waals surface area contributed by atoms with Crippen molar-refractivity contribution in [2.24, 2.45) is 11.8 Å². The van der Waals surface area contributed by atoms with Crippen molar-refractivity contribution in [2.45, 2.75) is 58.0 Å². The van der Waals surface area contributed by atoms with Crippen molar-refractivity contribution < 1.29 is 26.2 Å². The number of hydrogen-bond donors (Lipinski definition) is 0. The van der Waals surface area contributed by atoms with Crippen LogP contribution in [-0.2, 0) is 26.2 Å². The zero-order valence-corrected chi connectivity index (χ0v) is 27.5. The molecule has 1 aliphatic carbocycles. The molecule has 0 radical (unpaired) electrons. The van der Waals surface area contributed by atoms with Crippen LogP contribution in [0.1, 0.15) is 26.3 Å². The first kappa shape index (κ1) is 30.7. The molecule has 0 N–H and O–H groups in total. The quantitative estimate of drug-likeness (QED) is 0.202. The summed E-state index contributed by atoms with van der Waals surface area (Å²) in [5, 5.41) is 0. The summed E-state index contributed by atoms with van der Waals surface area (Å²) < 4.78 is 0. The topological polar surface area (TPSA) is 28.2 Å². The fraction of sp³-hybridized carbons (Fsp3) is 0.355. The maximum Gasteiger partial charge on any atom is 4.00 e. The SMILES string of the molecule is C[C-]1C([Si](C)(C)[N-]c2ccccc2)C(C)C(C)C1[Si](C)(C)[N-]c1ccccc1.[CH2-]c1ccccc1.[Zr+4]. The van der Waals surface area contributed by atoms with E-state index in [9.17, 15) is 0 Å². The van der Waals surface area contributed by atoms with E-state index in [1.165, 1.54) is 0 Å². The molecule has 1 fully saturated rings. The molecule has 1 aliphatic rings. The van der Waals surface area contributed by atoms with Gasteiger partial charge < -0.3 is 15.9 Å². The molecular formula is C31H42N2Si2Zr. The zero-order chi connectivity index (χ0) is 25.6. The van der Waals surface area contributed by atoms with Crippen molar-refractivity contribution in [1.29, 1.82) is 0 Å². The van der Waals surface area contributed by atoms with E-state index >= 15 is 0 Å². The molecule has 188 valence electrons. The van der Waals surface area contributed by atoms with Crippen molar-refractivity contribution in [3.05, 3.63) is 119 Å². The van der Waals surface area contributed by atoms with Gasteiger partial charge >= 0.3 is 26.2 Å². The van der Waals surface area contributed by atoms with Crippen molar-refractivity contribution >= 4 is 27.8 Å². The zero-order valence-electron chi connectivity index (χ0n) is 23.1. The summed E-state index contributed by atoms with van der Waals surface area (Å²) >= 11 is 0. The first-order chi connectivity index (χ1) is 16.5. The van der Waals surface area contributed by atoms with E-state index in [0.717, 1.165) is 16.9 Å². The Balaban J connectivity index is 0.000000492. The van der Waals surface area contributed by atoms with Gasteiger partial charge in [0.25, 0.3) is 0 Å². The normalized spacial score (nSPS) is 22.1. The Kier molecular flexibility index (Phi) is 11.3. The minimum atomic E-state index is -1.82. The Bertz CT molecular complexity index is 963. The van der Waals surface area contributed by atoms with Gasteiger partial charge in [-0.3, -0.25) is 0 Å². The van der Waals surface area contributed by atoms with Gasteiger partial charge in [0, 0.05) is 0 Å². The molecule has 0 saturated heterocycles. The predicted molar refractivity (Wildman–Crippen MR) is 160 cm³/mol. The van der Waals surface area contributed by atoms with Gasteiger partial charge in [-0.1, -0.05) is 135 Å². The Morgan fingerprint density at radius 3 is 1.19 bits per heavy atom. The second kappa shape index (κ2) is 13.3. The van der Waals surface area contributed by atoms with Crippen molar-refractivity contribution in [2.75, 3.05) is 0 Å². The first-order valence-electron chi connectivity index (χ1n) is 12.8. The van der Waals surface area contributed by atoms with E-state index < -0.39 is 16.5 Å². The van der Waals surface area contributed by atoms with Crippen LogP contribution in [0.15, 0.2) is 91.0 Å². The van der Waals surface area contributed by atoms with Crippen molar-refractivity contribution in [3.63, 3.8) is 0 Å². The number of rotatable bonds is 6. The molecule has 3 aromatic carbocycles. The fourth-order valence-electron chi connectivity index (χ4n) is 6.32. The summed E-state index contributed by atoms with van der Waals surface area (Å²) in [5.41, 5.74) is 4.58. The average molecular weight is 590 g/mol. The molecule has 0 bridgehead atoms. The Hall–Kier alpha value is -1.55. The molecule has 0 heterocycles. The van der Waals surface area contributed by atoms with E-state index in [2.05, 4.69) is 115 Å². The second-order valence-electron chi connectivity index (χ2n) is 11.1. The van der Waals surface area contributed by atoms with Crippen LogP contribution in [0, 0.1) is 24.7 Å². The molecule has 4 rings (SSSR count). The molecule has 0 amide bonds. The van der Waals surface area contributed by atoms with Crippen molar-refractivity contribution in [1.82, 2.24) is 0 Å². The van der Waals surface area contributed by atoms with Crippen LogP contribution >= 0.6 is 0 Å². The summed E-state index contributed by atoms with van der Waals surface area (Å²) in [6, 6.07) is 31.0. The summed E-state index contributed by atoms with van der Waals surface area (Å²) in [5.74, 6) is 3.00. The average Bonchev–Trinajstić information content (AvgIpc) is 3.04. The number of hydrogen-bond acceptors (Lipinski definition) is 0. The maximum absolute atomic E-state index is 5.31. The van der Waals surface area contributed by atoms with Gasteiger partial charge in [0.2, 0.25) is 0 Å². The smallest absolute Gasteiger partial charge is 0.688 e. The first-order valence-corrected chi connectivity index (χ1v) is 18.8. The van der Waals surface area contributed by atoms with E-state index in [4.69, 9.17) is 9.96 Å². The molecule has 5 heteroatoms. The van der Waals surface area contributed by atoms with Gasteiger partial charge in [0.05, 0.1) is 0 Å². The molecule has 4 unspecified atom stereocenters. The molecule has 4 atom stereocenters. The van der Waals surface area contributed by atoms with Crippen LogP contribution in [0.25, 0.3) is 9.96 Å². The number of nitrogens with zero attached hydrogens (tertiary/aromatic N) is 2. The fourth-order valence-corrected chi connectivity index (χ4v) is 14.2. The molecule has 0 aliphatic heterocycles. The molecule has 1 saturated carbocycles. The van der Waals surface area contributed by atoms with E-state index in [0.29, 0.717) is 22.9 Å². The Morgan fingerprint density at radius 2 is 0.917 bits per heavy atom. The third-order valence-electron chi connectivity index (χ3n) is 7.57. The second-order valence-corrected chi connectivity index (χ2v) is 19.4.